The van der Waals surface area contributed by atoms with E-state index in [0.717, 1.165) is 28.6 Å². The van der Waals surface area contributed by atoms with Gasteiger partial charge in [0.05, 0.1) is 23.3 Å². The Bertz CT molecular complexity index is 929. The molecule has 5 heteroatoms. The number of nitrogens with zero attached hydrogens (tertiary/aromatic N) is 3. The Morgan fingerprint density at radius 1 is 1.26 bits per heavy atom. The van der Waals surface area contributed by atoms with E-state index in [1.807, 2.05) is 30.3 Å². The lowest BCUT2D eigenvalue weighted by Gasteiger charge is -2.11. The summed E-state index contributed by atoms with van der Waals surface area (Å²) in [5, 5.41) is 9.11. The lowest BCUT2D eigenvalue weighted by Crippen LogP contribution is -2.23. The van der Waals surface area contributed by atoms with Crippen LogP contribution in [-0.2, 0) is 0 Å². The van der Waals surface area contributed by atoms with Gasteiger partial charge >= 0.3 is 0 Å². The first-order chi connectivity index (χ1) is 11.2. The average Bonchev–Trinajstić information content (AvgIpc) is 3.22. The van der Waals surface area contributed by atoms with Gasteiger partial charge in [-0.2, -0.15) is 5.10 Å². The zero-order chi connectivity index (χ0) is 15.8. The number of aromatic nitrogens is 1. The predicted molar refractivity (Wildman–Crippen MR) is 93.0 cm³/mol. The number of carbonyl (C=O) groups excluding carboxylic acids is 1. The number of benzene rings is 1. The molecule has 0 unspecified atom stereocenters. The minimum atomic E-state index is -0.0915. The van der Waals surface area contributed by atoms with Crippen molar-refractivity contribution in [1.29, 1.82) is 0 Å². The summed E-state index contributed by atoms with van der Waals surface area (Å²) in [7, 11) is 0. The normalized spacial score (nSPS) is 14.3. The van der Waals surface area contributed by atoms with Gasteiger partial charge in [0.25, 0.3) is 5.91 Å². The molecule has 4 rings (SSSR count). The van der Waals surface area contributed by atoms with Gasteiger partial charge in [0, 0.05) is 28.4 Å². The second-order valence-electron chi connectivity index (χ2n) is 5.53. The molecule has 4 nitrogen and oxygen atoms in total. The number of thiophene rings is 1. The minimum absolute atomic E-state index is 0.0915. The molecule has 2 aromatic heterocycles. The molecular weight excluding hydrogens is 306 g/mol. The van der Waals surface area contributed by atoms with Gasteiger partial charge in [-0.25, -0.2) is 5.01 Å². The molecule has 0 saturated carbocycles. The van der Waals surface area contributed by atoms with Crippen molar-refractivity contribution >= 4 is 33.9 Å². The van der Waals surface area contributed by atoms with E-state index in [0.29, 0.717) is 12.1 Å². The minimum Gasteiger partial charge on any atom is -0.267 e. The van der Waals surface area contributed by atoms with E-state index >= 15 is 0 Å². The second kappa shape index (κ2) is 5.59. The Hall–Kier alpha value is -2.53. The molecule has 3 aromatic rings. The molecule has 0 N–H and O–H groups in total. The molecule has 0 atom stereocenters. The van der Waals surface area contributed by atoms with Crippen molar-refractivity contribution in [3.63, 3.8) is 0 Å². The summed E-state index contributed by atoms with van der Waals surface area (Å²) in [6.45, 7) is 2.70. The SMILES string of the molecule is Cc1sccc1C1=NN(C(=O)c2cnc3ccccc3c2)CC1. The third-order valence-corrected chi connectivity index (χ3v) is 4.89. The van der Waals surface area contributed by atoms with Gasteiger partial charge in [-0.05, 0) is 30.5 Å². The van der Waals surface area contributed by atoms with Crippen LogP contribution in [0.4, 0.5) is 0 Å². The van der Waals surface area contributed by atoms with Crippen molar-refractivity contribution in [2.45, 2.75) is 13.3 Å². The highest BCUT2D eigenvalue weighted by molar-refractivity contribution is 7.10. The van der Waals surface area contributed by atoms with Gasteiger partial charge in [-0.15, -0.1) is 11.3 Å². The molecule has 1 amide bonds. The van der Waals surface area contributed by atoms with E-state index < -0.39 is 0 Å². The topological polar surface area (TPSA) is 45.6 Å². The van der Waals surface area contributed by atoms with E-state index in [-0.39, 0.29) is 5.91 Å². The van der Waals surface area contributed by atoms with Crippen LogP contribution in [0.2, 0.25) is 0 Å². The zero-order valence-corrected chi connectivity index (χ0v) is 13.5. The molecule has 1 aliphatic rings. The Morgan fingerprint density at radius 2 is 2.13 bits per heavy atom. The van der Waals surface area contributed by atoms with Crippen molar-refractivity contribution in [2.24, 2.45) is 5.10 Å². The van der Waals surface area contributed by atoms with Gasteiger partial charge < -0.3 is 0 Å². The maximum atomic E-state index is 12.7. The predicted octanol–water partition coefficient (Wildman–Crippen LogP) is 3.85. The molecule has 3 heterocycles. The lowest BCUT2D eigenvalue weighted by atomic mass is 10.1. The molecular formula is C18H15N3OS. The average molecular weight is 321 g/mol. The maximum Gasteiger partial charge on any atom is 0.275 e. The van der Waals surface area contributed by atoms with Gasteiger partial charge in [-0.3, -0.25) is 9.78 Å². The van der Waals surface area contributed by atoms with Gasteiger partial charge in [0.1, 0.15) is 0 Å². The van der Waals surface area contributed by atoms with Crippen LogP contribution in [0.25, 0.3) is 10.9 Å². The number of hydrogen-bond acceptors (Lipinski definition) is 4. The Balaban J connectivity index is 1.64. The van der Waals surface area contributed by atoms with Crippen molar-refractivity contribution in [1.82, 2.24) is 9.99 Å². The number of para-hydroxylation sites is 1. The van der Waals surface area contributed by atoms with Gasteiger partial charge in [0.15, 0.2) is 0 Å². The van der Waals surface area contributed by atoms with E-state index in [4.69, 9.17) is 0 Å². The number of carbonyl (C=O) groups is 1. The van der Waals surface area contributed by atoms with E-state index in [1.165, 1.54) is 4.88 Å². The quantitative estimate of drug-likeness (QED) is 0.719. The van der Waals surface area contributed by atoms with Crippen LogP contribution < -0.4 is 0 Å². The van der Waals surface area contributed by atoms with Crippen molar-refractivity contribution < 1.29 is 4.79 Å². The van der Waals surface area contributed by atoms with Crippen LogP contribution in [-0.4, -0.2) is 28.2 Å². The molecule has 0 bridgehead atoms. The number of fused-ring (bicyclic) bond motifs is 1. The summed E-state index contributed by atoms with van der Waals surface area (Å²) in [6, 6.07) is 11.8. The van der Waals surface area contributed by atoms with Crippen molar-refractivity contribution in [3.8, 4) is 0 Å². The molecule has 0 radical (unpaired) electrons. The van der Waals surface area contributed by atoms with Crippen molar-refractivity contribution in [2.75, 3.05) is 6.54 Å². The maximum absolute atomic E-state index is 12.7. The summed E-state index contributed by atoms with van der Waals surface area (Å²) in [6.07, 6.45) is 2.43. The first-order valence-electron chi connectivity index (χ1n) is 7.51. The highest BCUT2D eigenvalue weighted by Crippen LogP contribution is 2.22. The lowest BCUT2D eigenvalue weighted by molar-refractivity contribution is 0.0778. The van der Waals surface area contributed by atoms with E-state index in [2.05, 4.69) is 28.5 Å². The summed E-state index contributed by atoms with van der Waals surface area (Å²) in [5.74, 6) is -0.0915. The van der Waals surface area contributed by atoms with Crippen LogP contribution in [0, 0.1) is 6.92 Å². The van der Waals surface area contributed by atoms with Crippen LogP contribution in [0.1, 0.15) is 27.2 Å². The highest BCUT2D eigenvalue weighted by atomic mass is 32.1. The van der Waals surface area contributed by atoms with Crippen LogP contribution in [0.15, 0.2) is 53.1 Å². The fraction of sp³-hybridized carbons (Fsp3) is 0.167. The first-order valence-corrected chi connectivity index (χ1v) is 8.39. The Morgan fingerprint density at radius 3 is 2.96 bits per heavy atom. The van der Waals surface area contributed by atoms with Gasteiger partial charge in [0.2, 0.25) is 0 Å². The summed E-state index contributed by atoms with van der Waals surface area (Å²) in [4.78, 5) is 18.3. The largest absolute Gasteiger partial charge is 0.275 e. The standard InChI is InChI=1S/C18H15N3OS/c1-12-15(7-9-23-12)17-6-8-21(20-17)18(22)14-10-13-4-2-3-5-16(13)19-11-14/h2-5,7,9-11H,6,8H2,1H3. The third-order valence-electron chi connectivity index (χ3n) is 4.04. The van der Waals surface area contributed by atoms with Crippen LogP contribution in [0.5, 0.6) is 0 Å². The smallest absolute Gasteiger partial charge is 0.267 e. The monoisotopic (exact) mass is 321 g/mol. The number of aryl methyl sites for hydroxylation is 1. The van der Waals surface area contributed by atoms with Gasteiger partial charge in [-0.1, -0.05) is 18.2 Å². The first kappa shape index (κ1) is 14.1. The molecule has 0 saturated heterocycles. The molecule has 0 spiro atoms. The summed E-state index contributed by atoms with van der Waals surface area (Å²) in [5.41, 5.74) is 3.62. The van der Waals surface area contributed by atoms with E-state index in [9.17, 15) is 4.79 Å². The molecule has 1 aromatic carbocycles. The van der Waals surface area contributed by atoms with Crippen LogP contribution in [0.3, 0.4) is 0 Å². The number of hydrazone groups is 1. The number of rotatable bonds is 2. The summed E-state index contributed by atoms with van der Waals surface area (Å²) < 4.78 is 0. The zero-order valence-electron chi connectivity index (χ0n) is 12.7. The number of hydrogen-bond donors (Lipinski definition) is 0. The Kier molecular flexibility index (Phi) is 3.42. The Labute approximate surface area is 138 Å². The number of pyridine rings is 1. The van der Waals surface area contributed by atoms with E-state index in [1.54, 1.807) is 22.5 Å². The van der Waals surface area contributed by atoms with Crippen molar-refractivity contribution in [3.05, 3.63) is 64.0 Å². The molecule has 114 valence electrons. The highest BCUT2D eigenvalue weighted by Gasteiger charge is 2.24. The fourth-order valence-corrected chi connectivity index (χ4v) is 3.54. The molecule has 1 aliphatic heterocycles. The molecule has 0 fully saturated rings. The molecule has 23 heavy (non-hydrogen) atoms. The summed E-state index contributed by atoms with van der Waals surface area (Å²) >= 11 is 1.70. The second-order valence-corrected chi connectivity index (χ2v) is 6.65. The number of amides is 1. The fourth-order valence-electron chi connectivity index (χ4n) is 2.81. The third kappa shape index (κ3) is 2.53. The molecule has 0 aliphatic carbocycles. The van der Waals surface area contributed by atoms with Crippen LogP contribution >= 0.6 is 11.3 Å².